The highest BCUT2D eigenvalue weighted by Crippen LogP contribution is 2.40. The van der Waals surface area contributed by atoms with Crippen molar-refractivity contribution >= 4 is 29.1 Å². The maximum atomic E-state index is 13.6. The number of anilines is 2. The van der Waals surface area contributed by atoms with E-state index in [1.165, 1.54) is 25.7 Å². The van der Waals surface area contributed by atoms with Gasteiger partial charge in [0.2, 0.25) is 5.91 Å². The van der Waals surface area contributed by atoms with Crippen LogP contribution in [0.2, 0.25) is 0 Å². The van der Waals surface area contributed by atoms with Gasteiger partial charge in [0.1, 0.15) is 6.04 Å². The smallest absolute Gasteiger partial charge is 0.252 e. The molecule has 1 unspecified atom stereocenters. The van der Waals surface area contributed by atoms with Gasteiger partial charge < -0.3 is 16.4 Å². The van der Waals surface area contributed by atoms with Crippen LogP contribution in [0.15, 0.2) is 48.5 Å². The summed E-state index contributed by atoms with van der Waals surface area (Å²) in [5.74, 6) is -0.00703. The van der Waals surface area contributed by atoms with Crippen molar-refractivity contribution in [3.05, 3.63) is 59.7 Å². The number of nitrogens with two attached hydrogens (primary N) is 1. The van der Waals surface area contributed by atoms with Crippen molar-refractivity contribution in [1.29, 1.82) is 0 Å². The van der Waals surface area contributed by atoms with Crippen LogP contribution in [-0.2, 0) is 9.59 Å². The number of amides is 3. The standard InChI is InChI=1S/C28H36N4O3/c1-28(2,17-29)18-30-26(34)21-13-14-23-22(16-21)31-27(35)25(20-10-4-3-5-11-20)32(23)24(33)15-12-19-8-6-7-9-19/h3-5,10-11,13-14,16,19,25H,6-9,12,15,17-18,29H2,1-2H3,(H,30,34)(H,31,35). The highest BCUT2D eigenvalue weighted by atomic mass is 16.2. The Kier molecular flexibility index (Phi) is 7.55. The van der Waals surface area contributed by atoms with E-state index in [4.69, 9.17) is 5.73 Å². The molecule has 0 bridgehead atoms. The summed E-state index contributed by atoms with van der Waals surface area (Å²) in [7, 11) is 0. The molecule has 1 heterocycles. The van der Waals surface area contributed by atoms with E-state index in [-0.39, 0.29) is 23.1 Å². The minimum absolute atomic E-state index is 0.0660. The molecule has 1 fully saturated rings. The molecule has 7 heteroatoms. The number of hydrogen-bond donors (Lipinski definition) is 3. The van der Waals surface area contributed by atoms with Crippen LogP contribution < -0.4 is 21.3 Å². The summed E-state index contributed by atoms with van der Waals surface area (Å²) >= 11 is 0. The molecule has 4 rings (SSSR count). The molecule has 1 aliphatic carbocycles. The number of benzene rings is 2. The van der Waals surface area contributed by atoms with E-state index in [1.54, 1.807) is 23.1 Å². The molecule has 2 aromatic rings. The number of nitrogens with zero attached hydrogens (tertiary/aromatic N) is 1. The Bertz CT molecular complexity index is 1080. The lowest BCUT2D eigenvalue weighted by molar-refractivity contribution is -0.124. The van der Waals surface area contributed by atoms with Gasteiger partial charge in [-0.05, 0) is 48.1 Å². The molecule has 3 amide bonds. The van der Waals surface area contributed by atoms with Crippen LogP contribution in [0.4, 0.5) is 11.4 Å². The lowest BCUT2D eigenvalue weighted by atomic mass is 9.93. The van der Waals surface area contributed by atoms with E-state index in [0.29, 0.717) is 42.4 Å². The first kappa shape index (κ1) is 24.9. The second-order valence-corrected chi connectivity index (χ2v) is 10.5. The van der Waals surface area contributed by atoms with Crippen molar-refractivity contribution in [2.45, 2.75) is 58.4 Å². The fraction of sp³-hybridized carbons (Fsp3) is 0.464. The first-order valence-corrected chi connectivity index (χ1v) is 12.6. The van der Waals surface area contributed by atoms with Gasteiger partial charge in [-0.15, -0.1) is 0 Å². The molecule has 0 aromatic heterocycles. The van der Waals surface area contributed by atoms with E-state index < -0.39 is 6.04 Å². The van der Waals surface area contributed by atoms with Gasteiger partial charge in [0.25, 0.3) is 11.8 Å². The van der Waals surface area contributed by atoms with E-state index in [9.17, 15) is 14.4 Å². The van der Waals surface area contributed by atoms with Crippen LogP contribution in [0.1, 0.15) is 74.3 Å². The van der Waals surface area contributed by atoms with Gasteiger partial charge in [-0.25, -0.2) is 0 Å². The summed E-state index contributed by atoms with van der Waals surface area (Å²) in [6, 6.07) is 13.7. The van der Waals surface area contributed by atoms with E-state index >= 15 is 0 Å². The molecule has 2 aromatic carbocycles. The van der Waals surface area contributed by atoms with Crippen molar-refractivity contribution in [3.63, 3.8) is 0 Å². The minimum Gasteiger partial charge on any atom is -0.351 e. The van der Waals surface area contributed by atoms with Gasteiger partial charge in [-0.2, -0.15) is 0 Å². The largest absolute Gasteiger partial charge is 0.351 e. The molecule has 186 valence electrons. The highest BCUT2D eigenvalue weighted by Gasteiger charge is 2.38. The molecule has 1 aliphatic heterocycles. The third kappa shape index (κ3) is 5.73. The first-order valence-electron chi connectivity index (χ1n) is 12.6. The maximum absolute atomic E-state index is 13.6. The van der Waals surface area contributed by atoms with Crippen LogP contribution in [0.5, 0.6) is 0 Å². The topological polar surface area (TPSA) is 105 Å². The van der Waals surface area contributed by atoms with Gasteiger partial charge in [-0.1, -0.05) is 69.9 Å². The molecule has 7 nitrogen and oxygen atoms in total. The Labute approximate surface area is 207 Å². The van der Waals surface area contributed by atoms with Crippen LogP contribution in [0.3, 0.4) is 0 Å². The predicted molar refractivity (Wildman–Crippen MR) is 138 cm³/mol. The van der Waals surface area contributed by atoms with Gasteiger partial charge in [0, 0.05) is 18.5 Å². The number of carbonyl (C=O) groups is 3. The van der Waals surface area contributed by atoms with Crippen molar-refractivity contribution in [3.8, 4) is 0 Å². The number of hydrogen-bond acceptors (Lipinski definition) is 4. The summed E-state index contributed by atoms with van der Waals surface area (Å²) < 4.78 is 0. The SMILES string of the molecule is CC(C)(CN)CNC(=O)c1ccc2c(c1)NC(=O)C(c1ccccc1)N2C(=O)CCC1CCCC1. The monoisotopic (exact) mass is 476 g/mol. The second kappa shape index (κ2) is 10.6. The molecule has 0 radical (unpaired) electrons. The molecule has 4 N–H and O–H groups in total. The zero-order valence-electron chi connectivity index (χ0n) is 20.7. The van der Waals surface area contributed by atoms with Gasteiger partial charge in [0.05, 0.1) is 11.4 Å². The molecular weight excluding hydrogens is 440 g/mol. The summed E-state index contributed by atoms with van der Waals surface area (Å²) in [5, 5.41) is 5.85. The van der Waals surface area contributed by atoms with Crippen molar-refractivity contribution in [1.82, 2.24) is 5.32 Å². The number of fused-ring (bicyclic) bond motifs is 1. The highest BCUT2D eigenvalue weighted by molar-refractivity contribution is 6.13. The Balaban J connectivity index is 1.61. The zero-order chi connectivity index (χ0) is 25.0. The zero-order valence-corrected chi connectivity index (χ0v) is 20.7. The van der Waals surface area contributed by atoms with Crippen molar-refractivity contribution in [2.24, 2.45) is 17.1 Å². The van der Waals surface area contributed by atoms with Gasteiger partial charge >= 0.3 is 0 Å². The molecule has 0 spiro atoms. The Morgan fingerprint density at radius 1 is 1.11 bits per heavy atom. The van der Waals surface area contributed by atoms with Crippen LogP contribution in [0.25, 0.3) is 0 Å². The number of rotatable bonds is 8. The van der Waals surface area contributed by atoms with Crippen molar-refractivity contribution in [2.75, 3.05) is 23.3 Å². The summed E-state index contributed by atoms with van der Waals surface area (Å²) in [4.78, 5) is 41.3. The lowest BCUT2D eigenvalue weighted by Gasteiger charge is -2.37. The quantitative estimate of drug-likeness (QED) is 0.525. The number of nitrogens with one attached hydrogen (secondary N) is 2. The molecule has 1 atom stereocenters. The van der Waals surface area contributed by atoms with Gasteiger partial charge in [0.15, 0.2) is 0 Å². The van der Waals surface area contributed by atoms with E-state index in [1.807, 2.05) is 44.2 Å². The first-order chi connectivity index (χ1) is 16.8. The third-order valence-electron chi connectivity index (χ3n) is 7.19. The maximum Gasteiger partial charge on any atom is 0.252 e. The second-order valence-electron chi connectivity index (χ2n) is 10.5. The summed E-state index contributed by atoms with van der Waals surface area (Å²) in [5.41, 5.74) is 7.83. The van der Waals surface area contributed by atoms with E-state index in [0.717, 1.165) is 12.0 Å². The van der Waals surface area contributed by atoms with Crippen molar-refractivity contribution < 1.29 is 14.4 Å². The van der Waals surface area contributed by atoms with Crippen LogP contribution in [-0.4, -0.2) is 30.8 Å². The minimum atomic E-state index is -0.746. The summed E-state index contributed by atoms with van der Waals surface area (Å²) in [6.45, 7) is 4.86. The molecule has 0 saturated heterocycles. The average Bonchev–Trinajstić information content (AvgIpc) is 3.39. The fourth-order valence-electron chi connectivity index (χ4n) is 4.90. The molecule has 1 saturated carbocycles. The Morgan fingerprint density at radius 3 is 2.51 bits per heavy atom. The normalized spacial score (nSPS) is 18.2. The summed E-state index contributed by atoms with van der Waals surface area (Å²) in [6.07, 6.45) is 6.04. The predicted octanol–water partition coefficient (Wildman–Crippen LogP) is 4.40. The number of carbonyl (C=O) groups excluding carboxylic acids is 3. The molecule has 35 heavy (non-hydrogen) atoms. The fourth-order valence-corrected chi connectivity index (χ4v) is 4.90. The Morgan fingerprint density at radius 2 is 1.83 bits per heavy atom. The average molecular weight is 477 g/mol. The Hall–Kier alpha value is -3.19. The van der Waals surface area contributed by atoms with E-state index in [2.05, 4.69) is 10.6 Å². The molecule has 2 aliphatic rings. The van der Waals surface area contributed by atoms with Crippen LogP contribution in [0, 0.1) is 11.3 Å². The lowest BCUT2D eigenvalue weighted by Crippen LogP contribution is -2.45. The van der Waals surface area contributed by atoms with Gasteiger partial charge in [-0.3, -0.25) is 19.3 Å². The molecular formula is C28H36N4O3. The third-order valence-corrected chi connectivity index (χ3v) is 7.19. The van der Waals surface area contributed by atoms with Crippen LogP contribution >= 0.6 is 0 Å².